The first-order valence-electron chi connectivity index (χ1n) is 7.12. The van der Waals surface area contributed by atoms with Gasteiger partial charge in [-0.05, 0) is 29.3 Å². The number of halogens is 1. The maximum absolute atomic E-state index is 10.9. The minimum atomic E-state index is -0.378. The van der Waals surface area contributed by atoms with Gasteiger partial charge in [0.1, 0.15) is 0 Å². The third kappa shape index (κ3) is 2.41. The van der Waals surface area contributed by atoms with Crippen LogP contribution in [0.5, 0.6) is 0 Å². The molecule has 114 valence electrons. The number of hydrogen-bond donors (Lipinski definition) is 2. The summed E-state index contributed by atoms with van der Waals surface area (Å²) in [4.78, 5) is 16.9. The first kappa shape index (κ1) is 14.0. The van der Waals surface area contributed by atoms with E-state index in [1.807, 2.05) is 24.5 Å². The molecule has 2 aromatic carbocycles. The van der Waals surface area contributed by atoms with Crippen LogP contribution in [0, 0.1) is 10.1 Å². The highest BCUT2D eigenvalue weighted by atomic mass is 79.9. The Labute approximate surface area is 139 Å². The minimum Gasteiger partial charge on any atom is -0.361 e. The van der Waals surface area contributed by atoms with Gasteiger partial charge in [0.15, 0.2) is 0 Å². The van der Waals surface area contributed by atoms with E-state index in [2.05, 4.69) is 38.0 Å². The molecule has 0 saturated heterocycles. The number of benzene rings is 2. The minimum absolute atomic E-state index is 0.0999. The molecular weight excluding hydrogens is 358 g/mol. The Bertz CT molecular complexity index is 1050. The first-order chi connectivity index (χ1) is 11.1. The molecule has 0 radical (unpaired) electrons. The fourth-order valence-electron chi connectivity index (χ4n) is 2.94. The summed E-state index contributed by atoms with van der Waals surface area (Å²) < 4.78 is 1.04. The molecule has 4 aromatic rings. The van der Waals surface area contributed by atoms with Crippen LogP contribution in [0.1, 0.15) is 11.1 Å². The smallest absolute Gasteiger partial charge is 0.271 e. The SMILES string of the molecule is O=[N+]([O-])c1ccc2c(Cc3c[nH]c4cc(Br)ccc34)c[nH]c2c1. The normalized spacial score (nSPS) is 11.3. The molecule has 2 heterocycles. The molecule has 0 aliphatic heterocycles. The number of aromatic amines is 2. The van der Waals surface area contributed by atoms with Gasteiger partial charge >= 0.3 is 0 Å². The number of nitrogens with one attached hydrogen (secondary N) is 2. The fraction of sp³-hybridized carbons (Fsp3) is 0.0588. The van der Waals surface area contributed by atoms with E-state index in [9.17, 15) is 10.1 Å². The van der Waals surface area contributed by atoms with E-state index < -0.39 is 0 Å². The molecular formula is C17H12BrN3O2. The summed E-state index contributed by atoms with van der Waals surface area (Å²) >= 11 is 3.47. The largest absolute Gasteiger partial charge is 0.361 e. The van der Waals surface area contributed by atoms with Crippen molar-refractivity contribution in [3.63, 3.8) is 0 Å². The molecule has 2 aromatic heterocycles. The lowest BCUT2D eigenvalue weighted by Gasteiger charge is -2.00. The van der Waals surface area contributed by atoms with Crippen LogP contribution in [0.15, 0.2) is 53.3 Å². The van der Waals surface area contributed by atoms with Crippen LogP contribution in [0.25, 0.3) is 21.8 Å². The highest BCUT2D eigenvalue weighted by molar-refractivity contribution is 9.10. The number of hydrogen-bond acceptors (Lipinski definition) is 2. The summed E-state index contributed by atoms with van der Waals surface area (Å²) in [5.41, 5.74) is 4.30. The average Bonchev–Trinajstić information content (AvgIpc) is 3.11. The number of nitrogens with zero attached hydrogens (tertiary/aromatic N) is 1. The predicted molar refractivity (Wildman–Crippen MR) is 93.8 cm³/mol. The standard InChI is InChI=1S/C17H12BrN3O2/c18-12-1-3-14-10(8-19-16(14)6-12)5-11-9-20-17-7-13(21(22)23)2-4-15(11)17/h1-4,6-9,19-20H,5H2. The molecule has 0 bridgehead atoms. The van der Waals surface area contributed by atoms with Gasteiger partial charge in [0.05, 0.1) is 10.4 Å². The second kappa shape index (κ2) is 5.24. The van der Waals surface area contributed by atoms with E-state index in [-0.39, 0.29) is 10.6 Å². The van der Waals surface area contributed by atoms with E-state index >= 15 is 0 Å². The van der Waals surface area contributed by atoms with E-state index in [1.165, 1.54) is 10.9 Å². The second-order valence-electron chi connectivity index (χ2n) is 5.48. The monoisotopic (exact) mass is 369 g/mol. The molecule has 0 unspecified atom stereocenters. The fourth-order valence-corrected chi connectivity index (χ4v) is 3.31. The van der Waals surface area contributed by atoms with Crippen molar-refractivity contribution in [1.29, 1.82) is 0 Å². The topological polar surface area (TPSA) is 74.7 Å². The van der Waals surface area contributed by atoms with Crippen molar-refractivity contribution in [1.82, 2.24) is 9.97 Å². The van der Waals surface area contributed by atoms with Crippen LogP contribution in [0.4, 0.5) is 5.69 Å². The maximum Gasteiger partial charge on any atom is 0.271 e. The summed E-state index contributed by atoms with van der Waals surface area (Å²) in [5.74, 6) is 0. The average molecular weight is 370 g/mol. The Kier molecular flexibility index (Phi) is 3.20. The van der Waals surface area contributed by atoms with Gasteiger partial charge in [-0.1, -0.05) is 22.0 Å². The first-order valence-corrected chi connectivity index (χ1v) is 7.91. The number of rotatable bonds is 3. The lowest BCUT2D eigenvalue weighted by Crippen LogP contribution is -1.88. The van der Waals surface area contributed by atoms with Crippen LogP contribution < -0.4 is 0 Å². The van der Waals surface area contributed by atoms with Crippen molar-refractivity contribution in [2.75, 3.05) is 0 Å². The molecule has 0 spiro atoms. The van der Waals surface area contributed by atoms with Crippen molar-refractivity contribution in [3.05, 3.63) is 74.5 Å². The zero-order valence-corrected chi connectivity index (χ0v) is 13.6. The van der Waals surface area contributed by atoms with Gasteiger partial charge in [0, 0.05) is 51.7 Å². The number of aromatic nitrogens is 2. The molecule has 0 fully saturated rings. The van der Waals surface area contributed by atoms with E-state index in [0.29, 0.717) is 0 Å². The van der Waals surface area contributed by atoms with Gasteiger partial charge in [-0.2, -0.15) is 0 Å². The van der Waals surface area contributed by atoms with Crippen molar-refractivity contribution < 1.29 is 4.92 Å². The van der Waals surface area contributed by atoms with Crippen molar-refractivity contribution >= 4 is 43.4 Å². The molecule has 0 amide bonds. The Morgan fingerprint density at radius 1 is 0.957 bits per heavy atom. The number of fused-ring (bicyclic) bond motifs is 2. The Hall–Kier alpha value is -2.60. The molecule has 0 saturated carbocycles. The summed E-state index contributed by atoms with van der Waals surface area (Å²) in [5, 5.41) is 13.1. The van der Waals surface area contributed by atoms with Crippen LogP contribution >= 0.6 is 15.9 Å². The zero-order valence-electron chi connectivity index (χ0n) is 12.0. The lowest BCUT2D eigenvalue weighted by molar-refractivity contribution is -0.384. The molecule has 0 aliphatic carbocycles. The maximum atomic E-state index is 10.9. The third-order valence-corrected chi connectivity index (χ3v) is 4.57. The highest BCUT2D eigenvalue weighted by Crippen LogP contribution is 2.28. The second-order valence-corrected chi connectivity index (χ2v) is 6.40. The number of nitro groups is 1. The lowest BCUT2D eigenvalue weighted by atomic mass is 10.0. The summed E-state index contributed by atoms with van der Waals surface area (Å²) in [7, 11) is 0. The molecule has 5 nitrogen and oxygen atoms in total. The summed E-state index contributed by atoms with van der Waals surface area (Å²) in [6.45, 7) is 0. The van der Waals surface area contributed by atoms with E-state index in [0.717, 1.165) is 32.9 Å². The molecule has 4 rings (SSSR count). The third-order valence-electron chi connectivity index (χ3n) is 4.07. The van der Waals surface area contributed by atoms with Gasteiger partial charge in [0.25, 0.3) is 5.69 Å². The molecule has 0 aliphatic rings. The van der Waals surface area contributed by atoms with Crippen molar-refractivity contribution in [3.8, 4) is 0 Å². The highest BCUT2D eigenvalue weighted by Gasteiger charge is 2.12. The summed E-state index contributed by atoms with van der Waals surface area (Å²) in [6.07, 6.45) is 4.70. The quantitative estimate of drug-likeness (QED) is 0.397. The van der Waals surface area contributed by atoms with Gasteiger partial charge in [-0.3, -0.25) is 10.1 Å². The molecule has 2 N–H and O–H groups in total. The molecule has 0 atom stereocenters. The van der Waals surface area contributed by atoms with Crippen molar-refractivity contribution in [2.45, 2.75) is 6.42 Å². The van der Waals surface area contributed by atoms with Gasteiger partial charge in [-0.15, -0.1) is 0 Å². The number of non-ortho nitro benzene ring substituents is 1. The van der Waals surface area contributed by atoms with Crippen LogP contribution in [-0.4, -0.2) is 14.9 Å². The van der Waals surface area contributed by atoms with Crippen LogP contribution in [0.3, 0.4) is 0 Å². The van der Waals surface area contributed by atoms with E-state index in [4.69, 9.17) is 0 Å². The molecule has 23 heavy (non-hydrogen) atoms. The van der Waals surface area contributed by atoms with Crippen molar-refractivity contribution in [2.24, 2.45) is 0 Å². The Morgan fingerprint density at radius 2 is 1.57 bits per heavy atom. The summed E-state index contributed by atoms with van der Waals surface area (Å²) in [6, 6.07) is 11.1. The van der Waals surface area contributed by atoms with Crippen LogP contribution in [-0.2, 0) is 6.42 Å². The molecule has 6 heteroatoms. The Balaban J connectivity index is 1.76. The van der Waals surface area contributed by atoms with E-state index in [1.54, 1.807) is 12.1 Å². The van der Waals surface area contributed by atoms with Gasteiger partial charge in [0.2, 0.25) is 0 Å². The number of nitro benzene ring substituents is 1. The van der Waals surface area contributed by atoms with Gasteiger partial charge < -0.3 is 9.97 Å². The zero-order chi connectivity index (χ0) is 16.0. The predicted octanol–water partition coefficient (Wildman–Crippen LogP) is 4.91. The van der Waals surface area contributed by atoms with Gasteiger partial charge in [-0.25, -0.2) is 0 Å². The van der Waals surface area contributed by atoms with Crippen LogP contribution in [0.2, 0.25) is 0 Å². The number of H-pyrrole nitrogens is 2. The Morgan fingerprint density at radius 3 is 2.22 bits per heavy atom.